The van der Waals surface area contributed by atoms with Crippen molar-refractivity contribution in [2.45, 2.75) is 45.6 Å². The smallest absolute Gasteiger partial charge is 0.224 e. The number of aryl methyl sites for hydroxylation is 2. The van der Waals surface area contributed by atoms with E-state index in [0.717, 1.165) is 40.4 Å². The molecule has 1 amide bonds. The average Bonchev–Trinajstić information content (AvgIpc) is 3.21. The minimum absolute atomic E-state index is 0.186. The third-order valence-electron chi connectivity index (χ3n) is 5.76. The normalized spacial score (nSPS) is 21.2. The van der Waals surface area contributed by atoms with Crippen LogP contribution >= 0.6 is 11.3 Å². The van der Waals surface area contributed by atoms with E-state index < -0.39 is 5.41 Å². The molecular formula is C20H26FN3OS. The molecule has 1 saturated heterocycles. The number of pyridine rings is 1. The summed E-state index contributed by atoms with van der Waals surface area (Å²) >= 11 is 1.15. The number of primary amides is 1. The molecule has 6 heteroatoms. The maximum Gasteiger partial charge on any atom is 0.224 e. The number of hydrogen-bond acceptors (Lipinski definition) is 4. The fraction of sp³-hybridized carbons (Fsp3) is 0.500. The van der Waals surface area contributed by atoms with Crippen molar-refractivity contribution in [3.05, 3.63) is 51.7 Å². The summed E-state index contributed by atoms with van der Waals surface area (Å²) in [5.74, 6) is -0.255. The van der Waals surface area contributed by atoms with Crippen molar-refractivity contribution in [1.82, 2.24) is 9.88 Å². The van der Waals surface area contributed by atoms with Gasteiger partial charge in [0.05, 0.1) is 5.41 Å². The lowest BCUT2D eigenvalue weighted by molar-refractivity contribution is -0.127. The highest BCUT2D eigenvalue weighted by Gasteiger charge is 2.47. The van der Waals surface area contributed by atoms with Gasteiger partial charge in [0.15, 0.2) is 5.13 Å². The number of halogens is 1. The first-order chi connectivity index (χ1) is 12.2. The van der Waals surface area contributed by atoms with E-state index in [9.17, 15) is 9.18 Å². The lowest BCUT2D eigenvalue weighted by Gasteiger charge is -2.37. The van der Waals surface area contributed by atoms with Crippen LogP contribution in [0.3, 0.4) is 0 Å². The Morgan fingerprint density at radius 3 is 2.73 bits per heavy atom. The first-order valence-electron chi connectivity index (χ1n) is 8.95. The van der Waals surface area contributed by atoms with E-state index in [0.29, 0.717) is 19.4 Å². The molecule has 0 bridgehead atoms. The quantitative estimate of drug-likeness (QED) is 0.839. The van der Waals surface area contributed by atoms with Gasteiger partial charge in [-0.3, -0.25) is 14.7 Å². The molecule has 1 fully saturated rings. The number of nitrogens with two attached hydrogens (primary N) is 1. The van der Waals surface area contributed by atoms with Crippen LogP contribution in [-0.2, 0) is 16.8 Å². The number of likely N-dealkylation sites (tertiary alicyclic amines) is 1. The van der Waals surface area contributed by atoms with Crippen LogP contribution in [0, 0.1) is 17.5 Å². The lowest BCUT2D eigenvalue weighted by Crippen LogP contribution is -2.45. The van der Waals surface area contributed by atoms with Gasteiger partial charge < -0.3 is 5.73 Å². The topological polar surface area (TPSA) is 59.2 Å². The van der Waals surface area contributed by atoms with E-state index in [-0.39, 0.29) is 16.6 Å². The molecule has 2 aromatic rings. The van der Waals surface area contributed by atoms with E-state index in [1.54, 1.807) is 6.07 Å². The highest BCUT2D eigenvalue weighted by molar-refractivity contribution is 7.10. The second-order valence-electron chi connectivity index (χ2n) is 7.77. The molecule has 0 unspecified atom stereocenters. The predicted molar refractivity (Wildman–Crippen MR) is 102 cm³/mol. The second-order valence-corrected chi connectivity index (χ2v) is 8.89. The van der Waals surface area contributed by atoms with Crippen molar-refractivity contribution in [3.8, 4) is 0 Å². The standard InChI is InChI=1S/C20H26FN3OS/c1-14-4-5-15(12-23-14)19(2,3)24-11-10-20(13-24,18(22)25)9-8-16-6-7-17(21)26-16/h4-7,12H,8-11,13H2,1-3H3,(H2,22,25)/t20-/m1/s1. The zero-order valence-electron chi connectivity index (χ0n) is 15.6. The Hall–Kier alpha value is -1.79. The molecule has 0 aromatic carbocycles. The molecule has 26 heavy (non-hydrogen) atoms. The zero-order chi connectivity index (χ0) is 18.9. The maximum absolute atomic E-state index is 13.2. The molecule has 1 atom stereocenters. The van der Waals surface area contributed by atoms with Gasteiger partial charge >= 0.3 is 0 Å². The van der Waals surface area contributed by atoms with Crippen LogP contribution in [0.4, 0.5) is 4.39 Å². The van der Waals surface area contributed by atoms with Crippen LogP contribution < -0.4 is 5.73 Å². The van der Waals surface area contributed by atoms with Gasteiger partial charge in [-0.2, -0.15) is 4.39 Å². The van der Waals surface area contributed by atoms with Crippen LogP contribution in [0.25, 0.3) is 0 Å². The third kappa shape index (κ3) is 3.67. The summed E-state index contributed by atoms with van der Waals surface area (Å²) in [6, 6.07) is 7.38. The summed E-state index contributed by atoms with van der Waals surface area (Å²) in [5.41, 5.74) is 7.14. The van der Waals surface area contributed by atoms with Gasteiger partial charge in [-0.05, 0) is 63.8 Å². The molecule has 0 spiro atoms. The number of carbonyl (C=O) groups excluding carboxylic acids is 1. The van der Waals surface area contributed by atoms with Crippen LogP contribution in [0.1, 0.15) is 42.8 Å². The summed E-state index contributed by atoms with van der Waals surface area (Å²) in [6.45, 7) is 7.72. The Balaban J connectivity index is 1.76. The molecule has 4 nitrogen and oxygen atoms in total. The SMILES string of the molecule is Cc1ccc(C(C)(C)N2CC[C@@](CCc3ccc(F)s3)(C(N)=O)C2)cn1. The van der Waals surface area contributed by atoms with Crippen LogP contribution in [-0.4, -0.2) is 28.9 Å². The van der Waals surface area contributed by atoms with E-state index in [2.05, 4.69) is 29.8 Å². The maximum atomic E-state index is 13.2. The molecule has 0 saturated carbocycles. The van der Waals surface area contributed by atoms with Crippen LogP contribution in [0.15, 0.2) is 30.5 Å². The van der Waals surface area contributed by atoms with Gasteiger partial charge in [-0.25, -0.2) is 0 Å². The Bertz CT molecular complexity index is 787. The number of amides is 1. The number of aromatic nitrogens is 1. The van der Waals surface area contributed by atoms with Crippen molar-refractivity contribution in [2.24, 2.45) is 11.1 Å². The van der Waals surface area contributed by atoms with E-state index in [4.69, 9.17) is 5.73 Å². The van der Waals surface area contributed by atoms with Gasteiger partial charge in [0.25, 0.3) is 0 Å². The van der Waals surface area contributed by atoms with Crippen LogP contribution in [0.2, 0.25) is 0 Å². The lowest BCUT2D eigenvalue weighted by atomic mass is 9.81. The Kier molecular flexibility index (Phi) is 5.17. The molecular weight excluding hydrogens is 349 g/mol. The van der Waals surface area contributed by atoms with Gasteiger partial charge in [0.2, 0.25) is 5.91 Å². The molecule has 3 rings (SSSR count). The fourth-order valence-electron chi connectivity index (χ4n) is 3.74. The fourth-order valence-corrected chi connectivity index (χ4v) is 4.47. The molecule has 0 aliphatic carbocycles. The minimum atomic E-state index is -0.560. The first-order valence-corrected chi connectivity index (χ1v) is 9.77. The average molecular weight is 376 g/mol. The van der Waals surface area contributed by atoms with Gasteiger partial charge in [-0.15, -0.1) is 11.3 Å². The van der Waals surface area contributed by atoms with Crippen molar-refractivity contribution >= 4 is 17.2 Å². The summed E-state index contributed by atoms with van der Waals surface area (Å²) in [5, 5.41) is -0.186. The molecule has 2 N–H and O–H groups in total. The molecule has 3 heterocycles. The van der Waals surface area contributed by atoms with E-state index in [1.165, 1.54) is 6.07 Å². The Morgan fingerprint density at radius 2 is 2.15 bits per heavy atom. The zero-order valence-corrected chi connectivity index (χ0v) is 16.4. The molecule has 140 valence electrons. The van der Waals surface area contributed by atoms with Gasteiger partial charge in [0.1, 0.15) is 0 Å². The summed E-state index contributed by atoms with van der Waals surface area (Å²) in [7, 11) is 0. The Labute approximate surface area is 158 Å². The summed E-state index contributed by atoms with van der Waals surface area (Å²) < 4.78 is 13.2. The van der Waals surface area contributed by atoms with E-state index >= 15 is 0 Å². The monoisotopic (exact) mass is 375 g/mol. The minimum Gasteiger partial charge on any atom is -0.369 e. The largest absolute Gasteiger partial charge is 0.369 e. The second kappa shape index (κ2) is 7.08. The number of rotatable bonds is 6. The van der Waals surface area contributed by atoms with E-state index in [1.807, 2.05) is 19.2 Å². The molecule has 1 aliphatic rings. The number of thiophene rings is 1. The van der Waals surface area contributed by atoms with Crippen molar-refractivity contribution < 1.29 is 9.18 Å². The van der Waals surface area contributed by atoms with Gasteiger partial charge in [-0.1, -0.05) is 6.07 Å². The highest BCUT2D eigenvalue weighted by atomic mass is 32.1. The molecule has 0 radical (unpaired) electrons. The highest BCUT2D eigenvalue weighted by Crippen LogP contribution is 2.41. The first kappa shape index (κ1) is 19.0. The predicted octanol–water partition coefficient (Wildman–Crippen LogP) is 3.64. The Morgan fingerprint density at radius 1 is 1.38 bits per heavy atom. The third-order valence-corrected chi connectivity index (χ3v) is 6.70. The number of carbonyl (C=O) groups is 1. The van der Waals surface area contributed by atoms with Crippen molar-refractivity contribution in [3.63, 3.8) is 0 Å². The summed E-state index contributed by atoms with van der Waals surface area (Å²) in [4.78, 5) is 20.0. The van der Waals surface area contributed by atoms with Gasteiger partial charge in [0, 0.05) is 35.4 Å². The van der Waals surface area contributed by atoms with Crippen molar-refractivity contribution in [1.29, 1.82) is 0 Å². The van der Waals surface area contributed by atoms with Crippen LogP contribution in [0.5, 0.6) is 0 Å². The molecule has 2 aromatic heterocycles. The van der Waals surface area contributed by atoms with Crippen molar-refractivity contribution in [2.75, 3.05) is 13.1 Å². The molecule has 1 aliphatic heterocycles. The number of hydrogen-bond donors (Lipinski definition) is 1. The number of nitrogens with zero attached hydrogens (tertiary/aromatic N) is 2. The summed E-state index contributed by atoms with van der Waals surface area (Å²) in [6.07, 6.45) is 3.98.